The second-order valence-electron chi connectivity index (χ2n) is 9.11. The molecule has 0 aliphatic carbocycles. The maximum absolute atomic E-state index is 6.93. The van der Waals surface area contributed by atoms with Gasteiger partial charge in [0.05, 0.1) is 19.3 Å². The van der Waals surface area contributed by atoms with Gasteiger partial charge in [-0.05, 0) is 66.5 Å². The molecule has 0 heterocycles. The summed E-state index contributed by atoms with van der Waals surface area (Å²) in [5, 5.41) is 4.61. The van der Waals surface area contributed by atoms with Gasteiger partial charge in [0.1, 0.15) is 5.75 Å². The maximum Gasteiger partial charge on any atom is 0.192 e. The SMILES string of the molecule is CCCC(O[Si](C)(C)C(C)(C)C)C(Nc1ccc(Cl)cc1)c1ccc(OC)cc1. The molecule has 2 rings (SSSR count). The molecule has 3 nitrogen and oxygen atoms in total. The van der Waals surface area contributed by atoms with E-state index in [2.05, 4.69) is 58.2 Å². The Bertz CT molecular complexity index is 754. The molecule has 2 atom stereocenters. The quantitative estimate of drug-likeness (QED) is 0.411. The number of hydrogen-bond acceptors (Lipinski definition) is 3. The minimum atomic E-state index is -1.93. The number of nitrogens with one attached hydrogen (secondary N) is 1. The van der Waals surface area contributed by atoms with Crippen LogP contribution in [0.25, 0.3) is 0 Å². The Morgan fingerprint density at radius 1 is 1.00 bits per heavy atom. The van der Waals surface area contributed by atoms with Gasteiger partial charge < -0.3 is 14.5 Å². The first kappa shape index (κ1) is 23.8. The normalized spacial score (nSPS) is 14.3. The van der Waals surface area contributed by atoms with Crippen LogP contribution in [-0.2, 0) is 4.43 Å². The number of ether oxygens (including phenoxy) is 1. The van der Waals surface area contributed by atoms with Crippen LogP contribution in [0.1, 0.15) is 52.1 Å². The van der Waals surface area contributed by atoms with Gasteiger partial charge in [-0.2, -0.15) is 0 Å². The number of methoxy groups -OCH3 is 1. The van der Waals surface area contributed by atoms with E-state index in [1.54, 1.807) is 7.11 Å². The summed E-state index contributed by atoms with van der Waals surface area (Å²) in [6.45, 7) is 13.7. The molecule has 1 N–H and O–H groups in total. The topological polar surface area (TPSA) is 30.5 Å². The van der Waals surface area contributed by atoms with Crippen LogP contribution in [-0.4, -0.2) is 21.5 Å². The first-order valence-corrected chi connectivity index (χ1v) is 13.7. The van der Waals surface area contributed by atoms with Crippen LogP contribution in [0, 0.1) is 0 Å². The molecule has 5 heteroatoms. The number of benzene rings is 2. The van der Waals surface area contributed by atoms with Crippen molar-refractivity contribution in [1.82, 2.24) is 0 Å². The maximum atomic E-state index is 6.93. The van der Waals surface area contributed by atoms with Gasteiger partial charge in [-0.15, -0.1) is 0 Å². The van der Waals surface area contributed by atoms with E-state index >= 15 is 0 Å². The van der Waals surface area contributed by atoms with Crippen LogP contribution in [0.2, 0.25) is 23.2 Å². The zero-order chi connectivity index (χ0) is 21.7. The Kier molecular flexibility index (Phi) is 8.21. The molecule has 0 spiro atoms. The van der Waals surface area contributed by atoms with Crippen LogP contribution < -0.4 is 10.1 Å². The third-order valence-electron chi connectivity index (χ3n) is 5.84. The Balaban J connectivity index is 2.41. The number of anilines is 1. The lowest BCUT2D eigenvalue weighted by molar-refractivity contribution is 0.149. The summed E-state index contributed by atoms with van der Waals surface area (Å²) in [5.74, 6) is 0.858. The fourth-order valence-corrected chi connectivity index (χ4v) is 4.55. The molecule has 0 saturated heterocycles. The van der Waals surface area contributed by atoms with Crippen LogP contribution >= 0.6 is 11.6 Å². The largest absolute Gasteiger partial charge is 0.497 e. The van der Waals surface area contributed by atoms with Crippen LogP contribution in [0.15, 0.2) is 48.5 Å². The van der Waals surface area contributed by atoms with Crippen LogP contribution in [0.4, 0.5) is 5.69 Å². The van der Waals surface area contributed by atoms with Crippen molar-refractivity contribution in [1.29, 1.82) is 0 Å². The first-order chi connectivity index (χ1) is 13.6. The smallest absolute Gasteiger partial charge is 0.192 e. The van der Waals surface area contributed by atoms with Crippen molar-refractivity contribution in [3.05, 3.63) is 59.1 Å². The van der Waals surface area contributed by atoms with Crippen molar-refractivity contribution in [2.75, 3.05) is 12.4 Å². The van der Waals surface area contributed by atoms with Crippen LogP contribution in [0.5, 0.6) is 5.75 Å². The highest BCUT2D eigenvalue weighted by Crippen LogP contribution is 2.40. The van der Waals surface area contributed by atoms with E-state index < -0.39 is 8.32 Å². The van der Waals surface area contributed by atoms with Gasteiger partial charge in [0.15, 0.2) is 8.32 Å². The first-order valence-electron chi connectivity index (χ1n) is 10.4. The third kappa shape index (κ3) is 6.50. The zero-order valence-electron chi connectivity index (χ0n) is 18.9. The molecule has 0 aliphatic heterocycles. The average Bonchev–Trinajstić information content (AvgIpc) is 2.66. The van der Waals surface area contributed by atoms with Crippen LogP contribution in [0.3, 0.4) is 0 Å². The second kappa shape index (κ2) is 10.0. The Hall–Kier alpha value is -1.49. The fourth-order valence-electron chi connectivity index (χ4n) is 3.06. The van der Waals surface area contributed by atoms with E-state index in [0.717, 1.165) is 29.3 Å². The predicted molar refractivity (Wildman–Crippen MR) is 128 cm³/mol. The van der Waals surface area contributed by atoms with Crippen molar-refractivity contribution >= 4 is 25.6 Å². The van der Waals surface area contributed by atoms with Crippen molar-refractivity contribution in [2.24, 2.45) is 0 Å². The zero-order valence-corrected chi connectivity index (χ0v) is 20.6. The number of hydrogen-bond donors (Lipinski definition) is 1. The molecular weight excluding hydrogens is 398 g/mol. The molecule has 0 radical (unpaired) electrons. The van der Waals surface area contributed by atoms with E-state index in [1.165, 1.54) is 5.56 Å². The summed E-state index contributed by atoms with van der Waals surface area (Å²) < 4.78 is 12.3. The van der Waals surface area contributed by atoms with E-state index in [4.69, 9.17) is 20.8 Å². The van der Waals surface area contributed by atoms with Crippen molar-refractivity contribution < 1.29 is 9.16 Å². The highest BCUT2D eigenvalue weighted by Gasteiger charge is 2.40. The molecule has 160 valence electrons. The van der Waals surface area contributed by atoms with Crippen molar-refractivity contribution in [3.8, 4) is 5.75 Å². The molecule has 0 aliphatic rings. The molecule has 0 fully saturated rings. The van der Waals surface area contributed by atoms with Gasteiger partial charge in [-0.25, -0.2) is 0 Å². The summed E-state index contributed by atoms with van der Waals surface area (Å²) in [6.07, 6.45) is 2.13. The molecule has 0 aromatic heterocycles. The Labute approximate surface area is 182 Å². The molecule has 0 saturated carbocycles. The van der Waals surface area contributed by atoms with Crippen molar-refractivity contribution in [2.45, 2.75) is 70.8 Å². The number of halogens is 1. The predicted octanol–water partition coefficient (Wildman–Crippen LogP) is 7.69. The molecular formula is C24H36ClNO2Si. The fraction of sp³-hybridized carbons (Fsp3) is 0.500. The van der Waals surface area contributed by atoms with E-state index in [-0.39, 0.29) is 17.2 Å². The monoisotopic (exact) mass is 433 g/mol. The van der Waals surface area contributed by atoms with E-state index in [9.17, 15) is 0 Å². The second-order valence-corrected chi connectivity index (χ2v) is 14.3. The lowest BCUT2D eigenvalue weighted by atomic mass is 9.97. The van der Waals surface area contributed by atoms with E-state index in [0.29, 0.717) is 0 Å². The van der Waals surface area contributed by atoms with Gasteiger partial charge in [-0.1, -0.05) is 57.8 Å². The average molecular weight is 434 g/mol. The standard InChI is InChI=1S/C24H36ClNO2Si/c1-8-9-22(28-29(6,7)24(2,3)4)23(18-10-16-21(27-5)17-11-18)26-20-14-12-19(25)13-15-20/h10-17,22-23,26H,8-9H2,1-7H3. The molecule has 0 amide bonds. The van der Waals surface area contributed by atoms with Gasteiger partial charge in [0.2, 0.25) is 0 Å². The van der Waals surface area contributed by atoms with Gasteiger partial charge >= 0.3 is 0 Å². The summed E-state index contributed by atoms with van der Waals surface area (Å²) in [5.41, 5.74) is 2.23. The molecule has 29 heavy (non-hydrogen) atoms. The molecule has 2 unspecified atom stereocenters. The minimum absolute atomic E-state index is 0.0381. The van der Waals surface area contributed by atoms with E-state index in [1.807, 2.05) is 36.4 Å². The molecule has 2 aromatic rings. The summed E-state index contributed by atoms with van der Waals surface area (Å²) in [4.78, 5) is 0. The minimum Gasteiger partial charge on any atom is -0.497 e. The van der Waals surface area contributed by atoms with Crippen molar-refractivity contribution in [3.63, 3.8) is 0 Å². The lowest BCUT2D eigenvalue weighted by Crippen LogP contribution is -2.46. The highest BCUT2D eigenvalue weighted by molar-refractivity contribution is 6.74. The Morgan fingerprint density at radius 2 is 1.59 bits per heavy atom. The highest BCUT2D eigenvalue weighted by atomic mass is 35.5. The summed E-state index contributed by atoms with van der Waals surface area (Å²) >= 11 is 6.09. The lowest BCUT2D eigenvalue weighted by Gasteiger charge is -2.42. The summed E-state index contributed by atoms with van der Waals surface area (Å²) in [7, 11) is -0.237. The number of rotatable bonds is 9. The van der Waals surface area contributed by atoms with Gasteiger partial charge in [-0.3, -0.25) is 0 Å². The van der Waals surface area contributed by atoms with Gasteiger partial charge in [0.25, 0.3) is 0 Å². The summed E-state index contributed by atoms with van der Waals surface area (Å²) in [6, 6.07) is 16.2. The molecule has 0 bridgehead atoms. The molecule has 2 aromatic carbocycles. The van der Waals surface area contributed by atoms with Gasteiger partial charge in [0, 0.05) is 10.7 Å². The Morgan fingerprint density at radius 3 is 2.07 bits per heavy atom. The third-order valence-corrected chi connectivity index (χ3v) is 10.6.